The number of nitrogens with one attached hydrogen (secondary N) is 1. The van der Waals surface area contributed by atoms with Crippen LogP contribution in [0.1, 0.15) is 16.8 Å². The molecular formula is C19H16N4O2. The van der Waals surface area contributed by atoms with Crippen molar-refractivity contribution in [1.82, 2.24) is 15.3 Å². The summed E-state index contributed by atoms with van der Waals surface area (Å²) < 4.78 is 0. The van der Waals surface area contributed by atoms with Gasteiger partial charge in [0.15, 0.2) is 0 Å². The molecule has 124 valence electrons. The molecule has 1 aliphatic heterocycles. The Morgan fingerprint density at radius 2 is 1.96 bits per heavy atom. The fourth-order valence-electron chi connectivity index (χ4n) is 3.11. The van der Waals surface area contributed by atoms with Crippen molar-refractivity contribution in [1.29, 1.82) is 0 Å². The van der Waals surface area contributed by atoms with Gasteiger partial charge < -0.3 is 10.2 Å². The van der Waals surface area contributed by atoms with Crippen molar-refractivity contribution in [3.8, 4) is 0 Å². The molecule has 0 spiro atoms. The van der Waals surface area contributed by atoms with Crippen LogP contribution in [0.4, 0.5) is 5.69 Å². The van der Waals surface area contributed by atoms with E-state index < -0.39 is 0 Å². The fourth-order valence-corrected chi connectivity index (χ4v) is 3.11. The zero-order chi connectivity index (χ0) is 17.2. The van der Waals surface area contributed by atoms with Crippen molar-refractivity contribution in [3.05, 3.63) is 66.6 Å². The maximum atomic E-state index is 12.7. The second kappa shape index (κ2) is 6.32. The molecule has 3 aromatic rings. The van der Waals surface area contributed by atoms with Crippen LogP contribution < -0.4 is 10.2 Å². The molecule has 0 saturated carbocycles. The molecule has 6 nitrogen and oxygen atoms in total. The highest BCUT2D eigenvalue weighted by atomic mass is 16.2. The molecule has 1 fully saturated rings. The van der Waals surface area contributed by atoms with Gasteiger partial charge in [-0.2, -0.15) is 0 Å². The molecular weight excluding hydrogens is 316 g/mol. The average Bonchev–Trinajstić information content (AvgIpc) is 3.02. The van der Waals surface area contributed by atoms with Crippen molar-refractivity contribution in [2.75, 3.05) is 11.4 Å². The molecule has 1 N–H and O–H groups in total. The normalized spacial score (nSPS) is 17.0. The van der Waals surface area contributed by atoms with Gasteiger partial charge in [0.1, 0.15) is 0 Å². The number of benzene rings is 1. The maximum absolute atomic E-state index is 12.7. The van der Waals surface area contributed by atoms with Gasteiger partial charge in [0.2, 0.25) is 5.91 Å². The van der Waals surface area contributed by atoms with E-state index in [0.717, 1.165) is 11.2 Å². The van der Waals surface area contributed by atoms with Gasteiger partial charge in [-0.1, -0.05) is 18.2 Å². The highest BCUT2D eigenvalue weighted by molar-refractivity contribution is 6.06. The number of nitrogens with zero attached hydrogens (tertiary/aromatic N) is 3. The Morgan fingerprint density at radius 1 is 1.12 bits per heavy atom. The van der Waals surface area contributed by atoms with Gasteiger partial charge in [0.25, 0.3) is 5.91 Å². The van der Waals surface area contributed by atoms with E-state index >= 15 is 0 Å². The molecule has 0 bridgehead atoms. The zero-order valence-electron chi connectivity index (χ0n) is 13.4. The summed E-state index contributed by atoms with van der Waals surface area (Å²) in [6.45, 7) is 0.468. The average molecular weight is 332 g/mol. The molecule has 25 heavy (non-hydrogen) atoms. The van der Waals surface area contributed by atoms with Gasteiger partial charge in [0, 0.05) is 42.6 Å². The lowest BCUT2D eigenvalue weighted by Gasteiger charge is -2.17. The fraction of sp³-hybridized carbons (Fsp3) is 0.158. The number of hydrogen-bond acceptors (Lipinski definition) is 4. The lowest BCUT2D eigenvalue weighted by atomic mass is 10.1. The molecule has 6 heteroatoms. The number of carbonyl (C=O) groups is 2. The number of amides is 2. The van der Waals surface area contributed by atoms with Gasteiger partial charge in [-0.3, -0.25) is 19.6 Å². The summed E-state index contributed by atoms with van der Waals surface area (Å²) in [5.41, 5.74) is 2.09. The van der Waals surface area contributed by atoms with Gasteiger partial charge >= 0.3 is 0 Å². The van der Waals surface area contributed by atoms with Crippen LogP contribution in [0.3, 0.4) is 0 Å². The maximum Gasteiger partial charge on any atom is 0.252 e. The Morgan fingerprint density at radius 3 is 2.80 bits per heavy atom. The Kier molecular flexibility index (Phi) is 3.85. The molecule has 1 aliphatic rings. The van der Waals surface area contributed by atoms with Crippen molar-refractivity contribution in [2.24, 2.45) is 0 Å². The van der Waals surface area contributed by atoms with Crippen molar-refractivity contribution in [2.45, 2.75) is 12.5 Å². The SMILES string of the molecule is O=C(NC1CC(=O)N(c2ccccc2)C1)c1ccnc2ccncc12. The number of para-hydroxylation sites is 1. The Balaban J connectivity index is 1.53. The molecule has 1 saturated heterocycles. The third-order valence-corrected chi connectivity index (χ3v) is 4.32. The van der Waals surface area contributed by atoms with E-state index in [1.807, 2.05) is 30.3 Å². The second-order valence-corrected chi connectivity index (χ2v) is 5.97. The standard InChI is InChI=1S/C19H16N4O2/c24-18-10-13(12-23(18)14-4-2-1-3-5-14)22-19(25)15-6-9-21-17-7-8-20-11-16(15)17/h1-9,11,13H,10,12H2,(H,22,25). The van der Waals surface area contributed by atoms with Crippen LogP contribution in [0.25, 0.3) is 10.9 Å². The van der Waals surface area contributed by atoms with Gasteiger partial charge in [0.05, 0.1) is 17.1 Å². The molecule has 1 atom stereocenters. The zero-order valence-corrected chi connectivity index (χ0v) is 13.4. The number of rotatable bonds is 3. The molecule has 0 radical (unpaired) electrons. The minimum Gasteiger partial charge on any atom is -0.347 e. The summed E-state index contributed by atoms with van der Waals surface area (Å²) >= 11 is 0. The molecule has 1 aromatic carbocycles. The summed E-state index contributed by atoms with van der Waals surface area (Å²) in [6.07, 6.45) is 5.17. The van der Waals surface area contributed by atoms with Gasteiger partial charge in [-0.25, -0.2) is 0 Å². The number of hydrogen-bond donors (Lipinski definition) is 1. The number of carbonyl (C=O) groups excluding carboxylic acids is 2. The van der Waals surface area contributed by atoms with Crippen molar-refractivity contribution in [3.63, 3.8) is 0 Å². The van der Waals surface area contributed by atoms with Crippen LogP contribution in [0.15, 0.2) is 61.1 Å². The summed E-state index contributed by atoms with van der Waals surface area (Å²) in [6, 6.07) is 12.7. The smallest absolute Gasteiger partial charge is 0.252 e. The number of anilines is 1. The molecule has 1 unspecified atom stereocenters. The lowest BCUT2D eigenvalue weighted by Crippen LogP contribution is -2.37. The van der Waals surface area contributed by atoms with Crippen LogP contribution in [0.2, 0.25) is 0 Å². The molecule has 2 aromatic heterocycles. The number of aromatic nitrogens is 2. The number of fused-ring (bicyclic) bond motifs is 1. The minimum atomic E-state index is -0.222. The topological polar surface area (TPSA) is 75.2 Å². The third kappa shape index (κ3) is 2.94. The molecule has 3 heterocycles. The van der Waals surface area contributed by atoms with Crippen LogP contribution in [-0.4, -0.2) is 34.4 Å². The molecule has 2 amide bonds. The Bertz CT molecular complexity index is 937. The predicted octanol–water partition coefficient (Wildman–Crippen LogP) is 2.17. The summed E-state index contributed by atoms with van der Waals surface area (Å²) in [5, 5.41) is 3.66. The van der Waals surface area contributed by atoms with Crippen LogP contribution >= 0.6 is 0 Å². The highest BCUT2D eigenvalue weighted by Gasteiger charge is 2.31. The van der Waals surface area contributed by atoms with Crippen molar-refractivity contribution >= 4 is 28.4 Å². The largest absolute Gasteiger partial charge is 0.347 e. The van der Waals surface area contributed by atoms with Gasteiger partial charge in [-0.05, 0) is 24.3 Å². The Labute approximate surface area is 144 Å². The first-order chi connectivity index (χ1) is 12.2. The summed E-state index contributed by atoms with van der Waals surface area (Å²) in [5.74, 6) is -0.203. The predicted molar refractivity (Wildman–Crippen MR) is 94.2 cm³/mol. The van der Waals surface area contributed by atoms with E-state index in [2.05, 4.69) is 15.3 Å². The first kappa shape index (κ1) is 15.3. The van der Waals surface area contributed by atoms with E-state index in [0.29, 0.717) is 23.9 Å². The van der Waals surface area contributed by atoms with Gasteiger partial charge in [-0.15, -0.1) is 0 Å². The van der Waals surface area contributed by atoms with E-state index in [1.54, 1.807) is 35.6 Å². The lowest BCUT2D eigenvalue weighted by molar-refractivity contribution is -0.117. The summed E-state index contributed by atoms with van der Waals surface area (Å²) in [4.78, 5) is 35.0. The van der Waals surface area contributed by atoms with Crippen LogP contribution in [-0.2, 0) is 4.79 Å². The molecule has 4 rings (SSSR count). The number of pyridine rings is 2. The third-order valence-electron chi connectivity index (χ3n) is 4.32. The molecule has 0 aliphatic carbocycles. The first-order valence-corrected chi connectivity index (χ1v) is 8.07. The summed E-state index contributed by atoms with van der Waals surface area (Å²) in [7, 11) is 0. The second-order valence-electron chi connectivity index (χ2n) is 5.97. The minimum absolute atomic E-state index is 0.0118. The first-order valence-electron chi connectivity index (χ1n) is 8.07. The Hall–Kier alpha value is -3.28. The van der Waals surface area contributed by atoms with E-state index in [9.17, 15) is 9.59 Å². The van der Waals surface area contributed by atoms with Crippen LogP contribution in [0.5, 0.6) is 0 Å². The van der Waals surface area contributed by atoms with E-state index in [1.165, 1.54) is 0 Å². The van der Waals surface area contributed by atoms with Crippen molar-refractivity contribution < 1.29 is 9.59 Å². The highest BCUT2D eigenvalue weighted by Crippen LogP contribution is 2.22. The van der Waals surface area contributed by atoms with Crippen LogP contribution in [0, 0.1) is 0 Å². The van der Waals surface area contributed by atoms with E-state index in [4.69, 9.17) is 0 Å². The van der Waals surface area contributed by atoms with E-state index in [-0.39, 0.29) is 17.9 Å². The quantitative estimate of drug-likeness (QED) is 0.797. The monoisotopic (exact) mass is 332 g/mol.